The van der Waals surface area contributed by atoms with Gasteiger partial charge in [0.05, 0.1) is 6.42 Å². The maximum absolute atomic E-state index is 11.9. The zero-order valence-electron chi connectivity index (χ0n) is 11.6. The lowest BCUT2D eigenvalue weighted by molar-refractivity contribution is -0.151. The topological polar surface area (TPSA) is 80.7 Å². The van der Waals surface area contributed by atoms with Crippen molar-refractivity contribution in [2.75, 3.05) is 12.4 Å². The first-order valence-corrected chi connectivity index (χ1v) is 9.05. The smallest absolute Gasteiger partial charge is 0.306 e. The van der Waals surface area contributed by atoms with Gasteiger partial charge in [-0.1, -0.05) is 0 Å². The fourth-order valence-corrected chi connectivity index (χ4v) is 5.42. The minimum atomic E-state index is -4.05. The Balaban J connectivity index is 1.54. The van der Waals surface area contributed by atoms with Gasteiger partial charge in [-0.25, -0.2) is 0 Å². The Hall–Kier alpha value is -0.620. The lowest BCUT2D eigenvalue weighted by atomic mass is 9.49. The van der Waals surface area contributed by atoms with Crippen LogP contribution >= 0.6 is 0 Å². The lowest BCUT2D eigenvalue weighted by Crippen LogP contribution is -2.47. The standard InChI is InChI=1S/C14H22O5S/c15-13(19-1-2-20(16,17)18)9-14-6-10-3-11(7-14)5-12(4-10)8-14/h10-12H,1-9H2,(H,16,17,18). The molecule has 4 bridgehead atoms. The molecule has 0 aromatic carbocycles. The van der Waals surface area contributed by atoms with Crippen molar-refractivity contribution >= 4 is 16.1 Å². The first kappa shape index (κ1) is 14.3. The second-order valence-corrected chi connectivity index (χ2v) is 8.67. The highest BCUT2D eigenvalue weighted by Gasteiger charge is 2.51. The molecule has 0 saturated heterocycles. The third-order valence-corrected chi connectivity index (χ3v) is 5.97. The van der Waals surface area contributed by atoms with Crippen LogP contribution in [0.4, 0.5) is 0 Å². The SMILES string of the molecule is O=C(CC12CC3CC(CC(C3)C1)C2)OCCS(=O)(=O)O. The second kappa shape index (κ2) is 4.98. The monoisotopic (exact) mass is 302 g/mol. The van der Waals surface area contributed by atoms with Gasteiger partial charge in [0.15, 0.2) is 0 Å². The van der Waals surface area contributed by atoms with E-state index in [1.165, 1.54) is 19.3 Å². The summed E-state index contributed by atoms with van der Waals surface area (Å²) < 4.78 is 34.8. The van der Waals surface area contributed by atoms with Crippen LogP contribution in [0.25, 0.3) is 0 Å². The highest BCUT2D eigenvalue weighted by Crippen LogP contribution is 2.61. The zero-order chi connectivity index (χ0) is 14.4. The third kappa shape index (κ3) is 3.17. The van der Waals surface area contributed by atoms with Crippen LogP contribution in [0.2, 0.25) is 0 Å². The second-order valence-electron chi connectivity index (χ2n) is 7.10. The van der Waals surface area contributed by atoms with Crippen LogP contribution < -0.4 is 0 Å². The van der Waals surface area contributed by atoms with Crippen LogP contribution in [-0.4, -0.2) is 31.3 Å². The number of ether oxygens (including phenoxy) is 1. The molecule has 0 aliphatic heterocycles. The summed E-state index contributed by atoms with van der Waals surface area (Å²) >= 11 is 0. The van der Waals surface area contributed by atoms with Crippen molar-refractivity contribution in [2.24, 2.45) is 23.2 Å². The average Bonchev–Trinajstić information content (AvgIpc) is 2.23. The van der Waals surface area contributed by atoms with Gasteiger partial charge >= 0.3 is 5.97 Å². The lowest BCUT2D eigenvalue weighted by Gasteiger charge is -2.56. The van der Waals surface area contributed by atoms with Crippen molar-refractivity contribution in [3.63, 3.8) is 0 Å². The Morgan fingerprint density at radius 2 is 1.60 bits per heavy atom. The van der Waals surface area contributed by atoms with E-state index in [1.807, 2.05) is 0 Å². The molecule has 4 saturated carbocycles. The Kier molecular flexibility index (Phi) is 3.57. The highest BCUT2D eigenvalue weighted by molar-refractivity contribution is 7.85. The molecular formula is C14H22O5S. The highest BCUT2D eigenvalue weighted by atomic mass is 32.2. The van der Waals surface area contributed by atoms with Crippen molar-refractivity contribution in [3.05, 3.63) is 0 Å². The summed E-state index contributed by atoms with van der Waals surface area (Å²) in [6.45, 7) is -0.246. The molecule has 0 atom stereocenters. The summed E-state index contributed by atoms with van der Waals surface area (Å²) in [5, 5.41) is 0. The number of carbonyl (C=O) groups is 1. The van der Waals surface area contributed by atoms with E-state index in [4.69, 9.17) is 9.29 Å². The van der Waals surface area contributed by atoms with E-state index >= 15 is 0 Å². The average molecular weight is 302 g/mol. The largest absolute Gasteiger partial charge is 0.464 e. The van der Waals surface area contributed by atoms with Gasteiger partial charge in [-0.15, -0.1) is 0 Å². The third-order valence-electron chi connectivity index (χ3n) is 5.29. The number of carbonyl (C=O) groups excluding carboxylic acids is 1. The van der Waals surface area contributed by atoms with Gasteiger partial charge in [0.25, 0.3) is 10.1 Å². The molecule has 0 amide bonds. The number of rotatable bonds is 5. The van der Waals surface area contributed by atoms with Gasteiger partial charge in [-0.3, -0.25) is 9.35 Å². The Labute approximate surface area is 119 Å². The molecule has 0 aromatic heterocycles. The van der Waals surface area contributed by atoms with Crippen LogP contribution in [0.1, 0.15) is 44.9 Å². The van der Waals surface area contributed by atoms with Crippen LogP contribution in [0, 0.1) is 23.2 Å². The van der Waals surface area contributed by atoms with E-state index in [2.05, 4.69) is 0 Å². The molecule has 20 heavy (non-hydrogen) atoms. The molecule has 114 valence electrons. The summed E-state index contributed by atoms with van der Waals surface area (Å²) in [6.07, 6.45) is 7.80. The zero-order valence-corrected chi connectivity index (χ0v) is 12.4. The van der Waals surface area contributed by atoms with Crippen molar-refractivity contribution < 1.29 is 22.5 Å². The molecule has 0 spiro atoms. The molecule has 0 aromatic rings. The molecule has 5 nitrogen and oxygen atoms in total. The molecule has 4 aliphatic rings. The van der Waals surface area contributed by atoms with Crippen LogP contribution in [0.5, 0.6) is 0 Å². The van der Waals surface area contributed by atoms with E-state index in [9.17, 15) is 13.2 Å². The van der Waals surface area contributed by atoms with Crippen molar-refractivity contribution in [2.45, 2.75) is 44.9 Å². The normalized spacial score (nSPS) is 39.0. The summed E-state index contributed by atoms with van der Waals surface area (Å²) in [7, 11) is -4.05. The first-order valence-electron chi connectivity index (χ1n) is 7.44. The molecule has 4 aliphatic carbocycles. The number of hydrogen-bond acceptors (Lipinski definition) is 4. The van der Waals surface area contributed by atoms with E-state index in [0.717, 1.165) is 37.0 Å². The van der Waals surface area contributed by atoms with E-state index in [-0.39, 0.29) is 18.0 Å². The Bertz CT molecular complexity index is 460. The Morgan fingerprint density at radius 3 is 2.05 bits per heavy atom. The van der Waals surface area contributed by atoms with Gasteiger partial charge in [0, 0.05) is 0 Å². The van der Waals surface area contributed by atoms with Gasteiger partial charge in [0.2, 0.25) is 0 Å². The molecule has 6 heteroatoms. The molecule has 0 heterocycles. The van der Waals surface area contributed by atoms with Gasteiger partial charge in [-0.05, 0) is 61.7 Å². The summed E-state index contributed by atoms with van der Waals surface area (Å²) in [4.78, 5) is 11.9. The van der Waals surface area contributed by atoms with E-state index < -0.39 is 15.9 Å². The molecule has 1 N–H and O–H groups in total. The summed E-state index contributed by atoms with van der Waals surface area (Å²) in [5.41, 5.74) is 0.115. The van der Waals surface area contributed by atoms with E-state index in [1.54, 1.807) is 0 Å². The quantitative estimate of drug-likeness (QED) is 0.621. The van der Waals surface area contributed by atoms with Gasteiger partial charge in [-0.2, -0.15) is 8.42 Å². The van der Waals surface area contributed by atoms with Gasteiger partial charge in [0.1, 0.15) is 12.4 Å². The van der Waals surface area contributed by atoms with Crippen molar-refractivity contribution in [1.29, 1.82) is 0 Å². The molecule has 0 unspecified atom stereocenters. The predicted octanol–water partition coefficient (Wildman–Crippen LogP) is 2.02. The van der Waals surface area contributed by atoms with Crippen LogP contribution in [-0.2, 0) is 19.6 Å². The first-order chi connectivity index (χ1) is 9.34. The molecule has 0 radical (unpaired) electrons. The van der Waals surface area contributed by atoms with Crippen molar-refractivity contribution in [3.8, 4) is 0 Å². The fourth-order valence-electron chi connectivity index (χ4n) is 5.12. The number of esters is 1. The van der Waals surface area contributed by atoms with E-state index in [0.29, 0.717) is 6.42 Å². The maximum atomic E-state index is 11.9. The van der Waals surface area contributed by atoms with Crippen molar-refractivity contribution in [1.82, 2.24) is 0 Å². The Morgan fingerprint density at radius 1 is 1.10 bits per heavy atom. The minimum absolute atomic E-state index is 0.115. The minimum Gasteiger partial charge on any atom is -0.464 e. The predicted molar refractivity (Wildman–Crippen MR) is 72.6 cm³/mol. The number of hydrogen-bond donors (Lipinski definition) is 1. The van der Waals surface area contributed by atoms with Crippen LogP contribution in [0.15, 0.2) is 0 Å². The molecule has 4 rings (SSSR count). The fraction of sp³-hybridized carbons (Fsp3) is 0.929. The molecule has 4 fully saturated rings. The summed E-state index contributed by atoms with van der Waals surface area (Å²) in [5.74, 6) is 1.53. The van der Waals surface area contributed by atoms with Crippen LogP contribution in [0.3, 0.4) is 0 Å². The molecular weight excluding hydrogens is 280 g/mol. The summed E-state index contributed by atoms with van der Waals surface area (Å²) in [6, 6.07) is 0. The maximum Gasteiger partial charge on any atom is 0.306 e. The van der Waals surface area contributed by atoms with Gasteiger partial charge < -0.3 is 4.74 Å².